The monoisotopic (exact) mass is 246 g/mol. The minimum atomic E-state index is -0.0198. The maximum Gasteiger partial charge on any atom is 0.162 e. The van der Waals surface area contributed by atoms with Crippen LogP contribution >= 0.6 is 0 Å². The van der Waals surface area contributed by atoms with Gasteiger partial charge in [-0.25, -0.2) is 4.98 Å². The molecule has 2 aromatic rings. The Kier molecular flexibility index (Phi) is 2.68. The quantitative estimate of drug-likeness (QED) is 0.869. The van der Waals surface area contributed by atoms with E-state index in [1.54, 1.807) is 6.20 Å². The predicted octanol–water partition coefficient (Wildman–Crippen LogP) is 1.35. The van der Waals surface area contributed by atoms with Crippen LogP contribution in [0, 0.1) is 0 Å². The van der Waals surface area contributed by atoms with Gasteiger partial charge in [0.25, 0.3) is 0 Å². The van der Waals surface area contributed by atoms with Crippen molar-refractivity contribution < 1.29 is 14.6 Å². The maximum absolute atomic E-state index is 9.17. The molecule has 0 radical (unpaired) electrons. The number of imidazole rings is 1. The van der Waals surface area contributed by atoms with E-state index in [-0.39, 0.29) is 6.61 Å². The molecule has 5 nitrogen and oxygen atoms in total. The fourth-order valence-corrected chi connectivity index (χ4v) is 2.04. The number of ether oxygens (including phenoxy) is 2. The Hall–Kier alpha value is -2.01. The van der Waals surface area contributed by atoms with E-state index >= 15 is 0 Å². The molecule has 0 unspecified atom stereocenters. The Morgan fingerprint density at radius 1 is 1.28 bits per heavy atom. The fraction of sp³-hybridized carbons (Fsp3) is 0.308. The topological polar surface area (TPSA) is 56.5 Å². The highest BCUT2D eigenvalue weighted by molar-refractivity contribution is 5.62. The lowest BCUT2D eigenvalue weighted by atomic mass is 10.2. The van der Waals surface area contributed by atoms with Crippen LogP contribution in [0.5, 0.6) is 11.5 Å². The van der Waals surface area contributed by atoms with Gasteiger partial charge in [0.05, 0.1) is 18.5 Å². The zero-order valence-corrected chi connectivity index (χ0v) is 10.1. The Morgan fingerprint density at radius 2 is 2.06 bits per heavy atom. The molecular formula is C13H14N2O3. The average Bonchev–Trinajstić information content (AvgIpc) is 2.79. The van der Waals surface area contributed by atoms with E-state index in [1.807, 2.05) is 29.8 Å². The summed E-state index contributed by atoms with van der Waals surface area (Å²) in [6.45, 7) is 1.14. The number of hydrogen-bond donors (Lipinski definition) is 1. The highest BCUT2D eigenvalue weighted by Gasteiger charge is 2.15. The van der Waals surface area contributed by atoms with E-state index in [9.17, 15) is 0 Å². The first-order chi connectivity index (χ1) is 8.79. The van der Waals surface area contributed by atoms with Crippen LogP contribution in [0.4, 0.5) is 0 Å². The SMILES string of the molecule is Cn1c(CO)cnc1-c1ccc2c(c1)OCCO2. The van der Waals surface area contributed by atoms with E-state index in [0.29, 0.717) is 13.2 Å². The van der Waals surface area contributed by atoms with Crippen molar-refractivity contribution in [1.82, 2.24) is 9.55 Å². The van der Waals surface area contributed by atoms with Crippen LogP contribution in [-0.2, 0) is 13.7 Å². The Bertz CT molecular complexity index is 578. The molecule has 3 rings (SSSR count). The van der Waals surface area contributed by atoms with Gasteiger partial charge in [-0.15, -0.1) is 0 Å². The van der Waals surface area contributed by atoms with Crippen LogP contribution in [0.2, 0.25) is 0 Å². The number of fused-ring (bicyclic) bond motifs is 1. The van der Waals surface area contributed by atoms with Gasteiger partial charge in [-0.2, -0.15) is 0 Å². The summed E-state index contributed by atoms with van der Waals surface area (Å²) in [6.07, 6.45) is 1.67. The number of rotatable bonds is 2. The van der Waals surface area contributed by atoms with Gasteiger partial charge in [0, 0.05) is 12.6 Å². The first-order valence-corrected chi connectivity index (χ1v) is 5.81. The van der Waals surface area contributed by atoms with Crippen molar-refractivity contribution in [2.24, 2.45) is 7.05 Å². The van der Waals surface area contributed by atoms with Gasteiger partial charge in [-0.1, -0.05) is 0 Å². The molecule has 94 valence electrons. The molecule has 5 heteroatoms. The Balaban J connectivity index is 2.03. The molecule has 1 N–H and O–H groups in total. The molecule has 1 aromatic heterocycles. The van der Waals surface area contributed by atoms with Gasteiger partial charge >= 0.3 is 0 Å². The minimum absolute atomic E-state index is 0.0198. The molecule has 2 heterocycles. The van der Waals surface area contributed by atoms with Crippen LogP contribution in [0.25, 0.3) is 11.4 Å². The van der Waals surface area contributed by atoms with Gasteiger partial charge in [-0.05, 0) is 18.2 Å². The fourth-order valence-electron chi connectivity index (χ4n) is 2.04. The third-order valence-electron chi connectivity index (χ3n) is 3.05. The van der Waals surface area contributed by atoms with E-state index in [1.165, 1.54) is 0 Å². The molecule has 0 atom stereocenters. The Morgan fingerprint density at radius 3 is 2.78 bits per heavy atom. The van der Waals surface area contributed by atoms with Gasteiger partial charge in [0.15, 0.2) is 11.5 Å². The molecule has 0 saturated carbocycles. The van der Waals surface area contributed by atoms with E-state index < -0.39 is 0 Å². The predicted molar refractivity (Wildman–Crippen MR) is 65.6 cm³/mol. The number of aliphatic hydroxyl groups excluding tert-OH is 1. The zero-order chi connectivity index (χ0) is 12.5. The van der Waals surface area contributed by atoms with Gasteiger partial charge < -0.3 is 19.1 Å². The lowest BCUT2D eigenvalue weighted by molar-refractivity contribution is 0.171. The van der Waals surface area contributed by atoms with Crippen LogP contribution in [-0.4, -0.2) is 27.9 Å². The summed E-state index contributed by atoms with van der Waals surface area (Å²) in [4.78, 5) is 4.31. The number of nitrogens with zero attached hydrogens (tertiary/aromatic N) is 2. The highest BCUT2D eigenvalue weighted by Crippen LogP contribution is 2.34. The van der Waals surface area contributed by atoms with Crippen LogP contribution in [0.15, 0.2) is 24.4 Å². The van der Waals surface area contributed by atoms with Crippen molar-refractivity contribution in [1.29, 1.82) is 0 Å². The molecule has 1 aliphatic heterocycles. The summed E-state index contributed by atoms with van der Waals surface area (Å²) in [5.41, 5.74) is 1.72. The normalized spacial score (nSPS) is 13.7. The molecule has 1 aliphatic rings. The summed E-state index contributed by atoms with van der Waals surface area (Å²) in [7, 11) is 1.88. The summed E-state index contributed by atoms with van der Waals surface area (Å²) in [6, 6.07) is 5.74. The number of hydrogen-bond acceptors (Lipinski definition) is 4. The lowest BCUT2D eigenvalue weighted by Crippen LogP contribution is -2.15. The molecule has 0 bridgehead atoms. The van der Waals surface area contributed by atoms with Crippen molar-refractivity contribution in [2.75, 3.05) is 13.2 Å². The van der Waals surface area contributed by atoms with Crippen molar-refractivity contribution in [3.05, 3.63) is 30.1 Å². The minimum Gasteiger partial charge on any atom is -0.486 e. The average molecular weight is 246 g/mol. The standard InChI is InChI=1S/C13H14N2O3/c1-15-10(8-16)7-14-13(15)9-2-3-11-12(6-9)18-5-4-17-11/h2-3,6-7,16H,4-5,8H2,1H3. The molecule has 0 amide bonds. The Labute approximate surface area is 105 Å². The van der Waals surface area contributed by atoms with Gasteiger partial charge in [-0.3, -0.25) is 0 Å². The first-order valence-electron chi connectivity index (χ1n) is 5.81. The summed E-state index contributed by atoms with van der Waals surface area (Å²) in [5, 5.41) is 9.17. The molecule has 0 fully saturated rings. The maximum atomic E-state index is 9.17. The van der Waals surface area contributed by atoms with Gasteiger partial charge in [0.1, 0.15) is 19.0 Å². The van der Waals surface area contributed by atoms with Crippen LogP contribution in [0.1, 0.15) is 5.69 Å². The highest BCUT2D eigenvalue weighted by atomic mass is 16.6. The van der Waals surface area contributed by atoms with Crippen LogP contribution in [0.3, 0.4) is 0 Å². The number of benzene rings is 1. The molecule has 0 spiro atoms. The molecular weight excluding hydrogens is 232 g/mol. The van der Waals surface area contributed by atoms with Crippen molar-refractivity contribution in [3.8, 4) is 22.9 Å². The molecule has 1 aromatic carbocycles. The second-order valence-electron chi connectivity index (χ2n) is 4.15. The third kappa shape index (κ3) is 1.73. The first kappa shape index (κ1) is 11.1. The van der Waals surface area contributed by atoms with Crippen molar-refractivity contribution in [2.45, 2.75) is 6.61 Å². The second kappa shape index (κ2) is 4.34. The third-order valence-corrected chi connectivity index (χ3v) is 3.05. The van der Waals surface area contributed by atoms with E-state index in [4.69, 9.17) is 14.6 Å². The van der Waals surface area contributed by atoms with E-state index in [0.717, 1.165) is 28.6 Å². The van der Waals surface area contributed by atoms with Gasteiger partial charge in [0.2, 0.25) is 0 Å². The number of aliphatic hydroxyl groups is 1. The summed E-state index contributed by atoms with van der Waals surface area (Å²) in [5.74, 6) is 2.31. The largest absolute Gasteiger partial charge is 0.486 e. The number of aromatic nitrogens is 2. The zero-order valence-electron chi connectivity index (χ0n) is 10.1. The second-order valence-corrected chi connectivity index (χ2v) is 4.15. The van der Waals surface area contributed by atoms with Crippen molar-refractivity contribution >= 4 is 0 Å². The molecule has 0 aliphatic carbocycles. The summed E-state index contributed by atoms with van der Waals surface area (Å²) >= 11 is 0. The lowest BCUT2D eigenvalue weighted by Gasteiger charge is -2.18. The van der Waals surface area contributed by atoms with E-state index in [2.05, 4.69) is 4.98 Å². The smallest absolute Gasteiger partial charge is 0.162 e. The molecule has 0 saturated heterocycles. The molecule has 18 heavy (non-hydrogen) atoms. The summed E-state index contributed by atoms with van der Waals surface area (Å²) < 4.78 is 12.9. The van der Waals surface area contributed by atoms with Crippen molar-refractivity contribution in [3.63, 3.8) is 0 Å². The van der Waals surface area contributed by atoms with Crippen LogP contribution < -0.4 is 9.47 Å².